The summed E-state index contributed by atoms with van der Waals surface area (Å²) in [5, 5.41) is 3.11. The SMILES string of the molecule is O=C(CN1CCN(c2ccccc2Cl)CC1)Nc1ccccc1S(=O)(=O)C(F)F. The number of sulfone groups is 1. The van der Waals surface area contributed by atoms with Gasteiger partial charge in [0.25, 0.3) is 0 Å². The van der Waals surface area contributed by atoms with Gasteiger partial charge in [0.2, 0.25) is 15.7 Å². The van der Waals surface area contributed by atoms with Crippen molar-refractivity contribution in [3.05, 3.63) is 53.6 Å². The van der Waals surface area contributed by atoms with Crippen LogP contribution in [0.3, 0.4) is 0 Å². The number of benzene rings is 2. The Kier molecular flexibility index (Phi) is 6.71. The quantitative estimate of drug-likeness (QED) is 0.743. The molecule has 6 nitrogen and oxygen atoms in total. The summed E-state index contributed by atoms with van der Waals surface area (Å²) in [7, 11) is -4.81. The smallest absolute Gasteiger partial charge is 0.341 e. The molecule has 1 heterocycles. The lowest BCUT2D eigenvalue weighted by atomic mass is 10.2. The Bertz CT molecular complexity index is 980. The van der Waals surface area contributed by atoms with E-state index in [1.807, 2.05) is 29.2 Å². The number of para-hydroxylation sites is 2. The van der Waals surface area contributed by atoms with Crippen molar-refractivity contribution in [3.8, 4) is 0 Å². The molecule has 10 heteroatoms. The zero-order chi connectivity index (χ0) is 21.0. The van der Waals surface area contributed by atoms with Gasteiger partial charge in [-0.1, -0.05) is 35.9 Å². The third-order valence-electron chi connectivity index (χ3n) is 4.63. The summed E-state index contributed by atoms with van der Waals surface area (Å²) in [4.78, 5) is 15.8. The Labute approximate surface area is 173 Å². The van der Waals surface area contributed by atoms with Gasteiger partial charge in [0, 0.05) is 26.2 Å². The predicted molar refractivity (Wildman–Crippen MR) is 108 cm³/mol. The number of halogens is 3. The molecule has 1 fully saturated rings. The fourth-order valence-corrected chi connectivity index (χ4v) is 4.30. The van der Waals surface area contributed by atoms with Crippen LogP contribution in [0, 0.1) is 0 Å². The van der Waals surface area contributed by atoms with Crippen LogP contribution < -0.4 is 10.2 Å². The second-order valence-corrected chi connectivity index (χ2v) is 8.86. The van der Waals surface area contributed by atoms with Crippen LogP contribution in [0.25, 0.3) is 0 Å². The van der Waals surface area contributed by atoms with Crippen LogP contribution >= 0.6 is 11.6 Å². The number of carbonyl (C=O) groups is 1. The molecule has 0 atom stereocenters. The van der Waals surface area contributed by atoms with E-state index >= 15 is 0 Å². The van der Waals surface area contributed by atoms with Crippen molar-refractivity contribution in [2.75, 3.05) is 42.9 Å². The van der Waals surface area contributed by atoms with Crippen LogP contribution in [0.15, 0.2) is 53.4 Å². The van der Waals surface area contributed by atoms with E-state index < -0.39 is 26.4 Å². The summed E-state index contributed by atoms with van der Waals surface area (Å²) in [5.41, 5.74) is 0.789. The van der Waals surface area contributed by atoms with E-state index in [2.05, 4.69) is 10.2 Å². The molecule has 2 aromatic carbocycles. The molecule has 1 amide bonds. The summed E-state index contributed by atoms with van der Waals surface area (Å²) in [6.45, 7) is 2.59. The minimum atomic E-state index is -4.81. The standard InChI is InChI=1S/C19H20ClF2N3O3S/c20-14-5-1-3-7-16(14)25-11-9-24(10-12-25)13-18(26)23-15-6-2-4-8-17(15)29(27,28)19(21)22/h1-8,19H,9-13H2,(H,23,26). The summed E-state index contributed by atoms with van der Waals surface area (Å²) in [6, 6.07) is 12.7. The van der Waals surface area contributed by atoms with Crippen molar-refractivity contribution < 1.29 is 22.0 Å². The Morgan fingerprint density at radius 2 is 1.66 bits per heavy atom. The van der Waals surface area contributed by atoms with Gasteiger partial charge in [-0.05, 0) is 24.3 Å². The van der Waals surface area contributed by atoms with Crippen LogP contribution in [0.5, 0.6) is 0 Å². The Morgan fingerprint density at radius 3 is 2.31 bits per heavy atom. The maximum atomic E-state index is 12.9. The number of piperazine rings is 1. The van der Waals surface area contributed by atoms with Gasteiger partial charge in [0.1, 0.15) is 0 Å². The maximum absolute atomic E-state index is 12.9. The van der Waals surface area contributed by atoms with E-state index in [0.29, 0.717) is 31.2 Å². The molecule has 1 saturated heterocycles. The van der Waals surface area contributed by atoms with Gasteiger partial charge in [-0.15, -0.1) is 0 Å². The number of rotatable bonds is 6. The van der Waals surface area contributed by atoms with Crippen molar-refractivity contribution >= 4 is 38.7 Å². The highest BCUT2D eigenvalue weighted by molar-refractivity contribution is 7.91. The second kappa shape index (κ2) is 9.06. The highest BCUT2D eigenvalue weighted by Crippen LogP contribution is 2.27. The first kappa shape index (κ1) is 21.5. The van der Waals surface area contributed by atoms with E-state index in [0.717, 1.165) is 11.8 Å². The molecule has 0 aliphatic carbocycles. The van der Waals surface area contributed by atoms with Crippen molar-refractivity contribution in [1.29, 1.82) is 0 Å². The van der Waals surface area contributed by atoms with Crippen LogP contribution in [0.4, 0.5) is 20.2 Å². The molecule has 156 valence electrons. The number of nitrogens with one attached hydrogen (secondary N) is 1. The molecule has 0 radical (unpaired) electrons. The number of hydrogen-bond donors (Lipinski definition) is 1. The minimum absolute atomic E-state index is 0.0272. The minimum Gasteiger partial charge on any atom is -0.368 e. The van der Waals surface area contributed by atoms with Gasteiger partial charge in [0.05, 0.1) is 27.8 Å². The molecule has 1 aliphatic heterocycles. The van der Waals surface area contributed by atoms with Gasteiger partial charge in [0.15, 0.2) is 0 Å². The molecule has 3 rings (SSSR count). The van der Waals surface area contributed by atoms with Gasteiger partial charge < -0.3 is 10.2 Å². The highest BCUT2D eigenvalue weighted by Gasteiger charge is 2.29. The summed E-state index contributed by atoms with van der Waals surface area (Å²) >= 11 is 6.22. The zero-order valence-electron chi connectivity index (χ0n) is 15.4. The van der Waals surface area contributed by atoms with E-state index in [-0.39, 0.29) is 12.2 Å². The molecule has 2 aromatic rings. The largest absolute Gasteiger partial charge is 0.368 e. The molecule has 0 bridgehead atoms. The molecule has 0 aromatic heterocycles. The third-order valence-corrected chi connectivity index (χ3v) is 6.39. The number of amides is 1. The molecular formula is C19H20ClF2N3O3S. The first-order valence-electron chi connectivity index (χ1n) is 8.92. The fraction of sp³-hybridized carbons (Fsp3) is 0.316. The number of hydrogen-bond acceptors (Lipinski definition) is 5. The Balaban J connectivity index is 1.60. The van der Waals surface area contributed by atoms with Crippen molar-refractivity contribution in [2.45, 2.75) is 10.7 Å². The van der Waals surface area contributed by atoms with Gasteiger partial charge in [-0.25, -0.2) is 8.42 Å². The van der Waals surface area contributed by atoms with E-state index in [1.165, 1.54) is 18.2 Å². The summed E-state index contributed by atoms with van der Waals surface area (Å²) in [6.07, 6.45) is 0. The van der Waals surface area contributed by atoms with E-state index in [9.17, 15) is 22.0 Å². The molecule has 29 heavy (non-hydrogen) atoms. The lowest BCUT2D eigenvalue weighted by molar-refractivity contribution is -0.117. The Hall–Kier alpha value is -2.23. The lowest BCUT2D eigenvalue weighted by Crippen LogP contribution is -2.48. The first-order chi connectivity index (χ1) is 13.8. The van der Waals surface area contributed by atoms with Gasteiger partial charge >= 0.3 is 5.76 Å². The van der Waals surface area contributed by atoms with Crippen molar-refractivity contribution in [1.82, 2.24) is 4.90 Å². The van der Waals surface area contributed by atoms with Crippen LogP contribution in [-0.4, -0.2) is 57.7 Å². The maximum Gasteiger partial charge on any atom is 0.341 e. The summed E-state index contributed by atoms with van der Waals surface area (Å²) in [5.74, 6) is -4.02. The number of carbonyl (C=O) groups excluding carboxylic acids is 1. The molecule has 0 unspecified atom stereocenters. The first-order valence-corrected chi connectivity index (χ1v) is 10.8. The molecule has 1 aliphatic rings. The highest BCUT2D eigenvalue weighted by atomic mass is 35.5. The fourth-order valence-electron chi connectivity index (χ4n) is 3.16. The number of nitrogens with zero attached hydrogens (tertiary/aromatic N) is 2. The van der Waals surface area contributed by atoms with Crippen LogP contribution in [-0.2, 0) is 14.6 Å². The monoisotopic (exact) mass is 443 g/mol. The van der Waals surface area contributed by atoms with Crippen molar-refractivity contribution in [2.24, 2.45) is 0 Å². The van der Waals surface area contributed by atoms with Crippen molar-refractivity contribution in [3.63, 3.8) is 0 Å². The zero-order valence-corrected chi connectivity index (χ0v) is 17.0. The second-order valence-electron chi connectivity index (χ2n) is 6.56. The number of anilines is 2. The average molecular weight is 444 g/mol. The average Bonchev–Trinajstić information content (AvgIpc) is 2.69. The molecule has 0 spiro atoms. The number of alkyl halides is 2. The Morgan fingerprint density at radius 1 is 1.03 bits per heavy atom. The molecule has 0 saturated carbocycles. The topological polar surface area (TPSA) is 69.7 Å². The van der Waals surface area contributed by atoms with Crippen LogP contribution in [0.1, 0.15) is 0 Å². The van der Waals surface area contributed by atoms with E-state index in [1.54, 1.807) is 0 Å². The van der Waals surface area contributed by atoms with Crippen LogP contribution in [0.2, 0.25) is 5.02 Å². The normalized spacial score (nSPS) is 15.5. The van der Waals surface area contributed by atoms with Gasteiger partial charge in [-0.3, -0.25) is 9.69 Å². The molecular weight excluding hydrogens is 424 g/mol. The third kappa shape index (κ3) is 5.04. The predicted octanol–water partition coefficient (Wildman–Crippen LogP) is 3.10. The van der Waals surface area contributed by atoms with Gasteiger partial charge in [-0.2, -0.15) is 8.78 Å². The molecule has 1 N–H and O–H groups in total. The summed E-state index contributed by atoms with van der Waals surface area (Å²) < 4.78 is 49.3. The van der Waals surface area contributed by atoms with E-state index in [4.69, 9.17) is 11.6 Å². The lowest BCUT2D eigenvalue weighted by Gasteiger charge is -2.36.